The third kappa shape index (κ3) is 6.53. The largest absolute Gasteiger partial charge is 0.445 e. The van der Waals surface area contributed by atoms with Gasteiger partial charge in [0.25, 0.3) is 0 Å². The lowest BCUT2D eigenvalue weighted by molar-refractivity contribution is -0.125. The fraction of sp³-hybridized carbons (Fsp3) is 0.147. The van der Waals surface area contributed by atoms with E-state index in [1.165, 1.54) is 0 Å². The van der Waals surface area contributed by atoms with E-state index < -0.39 is 24.1 Å². The summed E-state index contributed by atoms with van der Waals surface area (Å²) < 4.78 is 5.41. The fourth-order valence-electron chi connectivity index (χ4n) is 4.93. The second kappa shape index (κ2) is 12.7. The molecule has 0 aromatic heterocycles. The first-order valence-electron chi connectivity index (χ1n) is 13.3. The Labute approximate surface area is 233 Å². The molecule has 200 valence electrons. The van der Waals surface area contributed by atoms with Gasteiger partial charge in [0.15, 0.2) is 0 Å². The summed E-state index contributed by atoms with van der Waals surface area (Å²) >= 11 is 0. The van der Waals surface area contributed by atoms with Gasteiger partial charge in [0.05, 0.1) is 6.04 Å². The van der Waals surface area contributed by atoms with Crippen molar-refractivity contribution in [2.24, 2.45) is 0 Å². The highest BCUT2D eigenvalue weighted by Crippen LogP contribution is 2.21. The van der Waals surface area contributed by atoms with Gasteiger partial charge in [0.1, 0.15) is 18.9 Å². The average Bonchev–Trinajstić information content (AvgIpc) is 3.00. The zero-order chi connectivity index (χ0) is 27.7. The molecule has 6 nitrogen and oxygen atoms in total. The van der Waals surface area contributed by atoms with Crippen LogP contribution in [0.2, 0.25) is 0 Å². The number of amides is 2. The van der Waals surface area contributed by atoms with E-state index in [1.807, 2.05) is 115 Å². The third-order valence-corrected chi connectivity index (χ3v) is 6.94. The minimum Gasteiger partial charge on any atom is -0.445 e. The van der Waals surface area contributed by atoms with Crippen molar-refractivity contribution >= 4 is 39.8 Å². The molecule has 0 saturated heterocycles. The van der Waals surface area contributed by atoms with Gasteiger partial charge < -0.3 is 20.2 Å². The van der Waals surface area contributed by atoms with Crippen LogP contribution in [0.3, 0.4) is 0 Å². The van der Waals surface area contributed by atoms with Crippen LogP contribution in [-0.2, 0) is 33.8 Å². The quantitative estimate of drug-likeness (QED) is 0.225. The molecule has 0 aliphatic carbocycles. The van der Waals surface area contributed by atoms with Gasteiger partial charge in [0, 0.05) is 12.8 Å². The number of aldehydes is 1. The van der Waals surface area contributed by atoms with Crippen molar-refractivity contribution in [1.29, 1.82) is 0 Å². The van der Waals surface area contributed by atoms with E-state index >= 15 is 0 Å². The predicted octanol–water partition coefficient (Wildman–Crippen LogP) is 5.76. The Balaban J connectivity index is 1.34. The van der Waals surface area contributed by atoms with Crippen LogP contribution in [0, 0.1) is 0 Å². The summed E-state index contributed by atoms with van der Waals surface area (Å²) in [7, 11) is 0. The van der Waals surface area contributed by atoms with Gasteiger partial charge >= 0.3 is 6.09 Å². The smallest absolute Gasteiger partial charge is 0.408 e. The summed E-state index contributed by atoms with van der Waals surface area (Å²) in [4.78, 5) is 38.5. The van der Waals surface area contributed by atoms with E-state index in [-0.39, 0.29) is 13.0 Å². The first kappa shape index (κ1) is 26.6. The highest BCUT2D eigenvalue weighted by molar-refractivity contribution is 5.91. The Morgan fingerprint density at radius 3 is 1.82 bits per heavy atom. The number of ether oxygens (including phenoxy) is 1. The van der Waals surface area contributed by atoms with Crippen LogP contribution in [-0.4, -0.2) is 30.4 Å². The number of carbonyl (C=O) groups is 3. The van der Waals surface area contributed by atoms with E-state index in [1.54, 1.807) is 0 Å². The lowest BCUT2D eigenvalue weighted by atomic mass is 9.97. The maximum Gasteiger partial charge on any atom is 0.408 e. The van der Waals surface area contributed by atoms with Crippen LogP contribution in [0.5, 0.6) is 0 Å². The minimum absolute atomic E-state index is 0.0767. The van der Waals surface area contributed by atoms with Gasteiger partial charge in [-0.05, 0) is 38.2 Å². The minimum atomic E-state index is -0.955. The van der Waals surface area contributed by atoms with Gasteiger partial charge in [0.2, 0.25) is 5.91 Å². The number of carbonyl (C=O) groups excluding carboxylic acids is 3. The first-order valence-corrected chi connectivity index (χ1v) is 13.3. The van der Waals surface area contributed by atoms with Gasteiger partial charge in [-0.1, -0.05) is 115 Å². The highest BCUT2D eigenvalue weighted by Gasteiger charge is 2.25. The van der Waals surface area contributed by atoms with E-state index in [2.05, 4.69) is 10.6 Å². The SMILES string of the molecule is O=C[C@H](Cc1cccc2ccccc12)NC(=O)[C@H](Cc1cccc2ccccc12)NC(=O)OCc1ccccc1. The number of alkyl carbamates (subject to hydrolysis) is 1. The van der Waals surface area contributed by atoms with Crippen molar-refractivity contribution in [3.05, 3.63) is 132 Å². The summed E-state index contributed by atoms with van der Waals surface area (Å²) in [6.07, 6.45) is 0.590. The zero-order valence-electron chi connectivity index (χ0n) is 22.0. The third-order valence-electron chi connectivity index (χ3n) is 6.94. The molecule has 2 amide bonds. The normalized spacial score (nSPS) is 12.4. The molecule has 2 N–H and O–H groups in total. The second-order valence-electron chi connectivity index (χ2n) is 9.69. The van der Waals surface area contributed by atoms with Crippen LogP contribution in [0.4, 0.5) is 4.79 Å². The lowest BCUT2D eigenvalue weighted by Crippen LogP contribution is -2.51. The van der Waals surface area contributed by atoms with Crippen molar-refractivity contribution in [1.82, 2.24) is 10.6 Å². The summed E-state index contributed by atoms with van der Waals surface area (Å²) in [6, 6.07) is 35.2. The number of fused-ring (bicyclic) bond motifs is 2. The lowest BCUT2D eigenvalue weighted by Gasteiger charge is -2.22. The molecule has 0 spiro atoms. The maximum absolute atomic E-state index is 13.6. The number of benzene rings is 5. The van der Waals surface area contributed by atoms with E-state index in [0.717, 1.165) is 44.5 Å². The summed E-state index contributed by atoms with van der Waals surface area (Å²) in [5.74, 6) is -0.457. The molecule has 5 aromatic rings. The molecule has 0 radical (unpaired) electrons. The molecule has 0 unspecified atom stereocenters. The Hall–Kier alpha value is -4.97. The Kier molecular flexibility index (Phi) is 8.47. The van der Waals surface area contributed by atoms with Gasteiger partial charge in [-0.15, -0.1) is 0 Å². The highest BCUT2D eigenvalue weighted by atomic mass is 16.5. The number of hydrogen-bond acceptors (Lipinski definition) is 4. The molecule has 5 rings (SSSR count). The number of nitrogens with one attached hydrogen (secondary N) is 2. The number of rotatable bonds is 10. The molecular weight excluding hydrogens is 500 g/mol. The van der Waals surface area contributed by atoms with Crippen LogP contribution < -0.4 is 10.6 Å². The Morgan fingerprint density at radius 2 is 1.20 bits per heavy atom. The molecule has 6 heteroatoms. The van der Waals surface area contributed by atoms with E-state index in [4.69, 9.17) is 4.74 Å². The van der Waals surface area contributed by atoms with Gasteiger partial charge in [-0.3, -0.25) is 4.79 Å². The molecule has 2 atom stereocenters. The first-order chi connectivity index (χ1) is 19.6. The molecular formula is C34H30N2O4. The molecule has 0 aliphatic heterocycles. The van der Waals surface area contributed by atoms with Crippen LogP contribution in [0.1, 0.15) is 16.7 Å². The standard InChI is InChI=1S/C34H30N2O4/c37-22-29(20-27-16-8-14-25-12-4-6-18-30(25)27)35-33(38)32(36-34(39)40-23-24-10-2-1-3-11-24)21-28-17-9-15-26-13-5-7-19-31(26)28/h1-19,22,29,32H,20-21,23H2,(H,35,38)(H,36,39)/t29-,32-/m0/s1. The van der Waals surface area contributed by atoms with Crippen molar-refractivity contribution < 1.29 is 19.1 Å². The molecule has 40 heavy (non-hydrogen) atoms. The van der Waals surface area contributed by atoms with Gasteiger partial charge in [-0.25, -0.2) is 4.79 Å². The van der Waals surface area contributed by atoms with E-state index in [0.29, 0.717) is 6.42 Å². The number of hydrogen-bond donors (Lipinski definition) is 2. The van der Waals surface area contributed by atoms with Gasteiger partial charge in [-0.2, -0.15) is 0 Å². The monoisotopic (exact) mass is 530 g/mol. The molecule has 0 heterocycles. The molecule has 0 aliphatic rings. The Bertz CT molecular complexity index is 1620. The van der Waals surface area contributed by atoms with Crippen molar-refractivity contribution in [3.63, 3.8) is 0 Å². The maximum atomic E-state index is 13.6. The van der Waals surface area contributed by atoms with Crippen molar-refractivity contribution in [2.45, 2.75) is 31.5 Å². The molecule has 0 fully saturated rings. The van der Waals surface area contributed by atoms with Crippen molar-refractivity contribution in [3.8, 4) is 0 Å². The topological polar surface area (TPSA) is 84.5 Å². The van der Waals surface area contributed by atoms with Crippen molar-refractivity contribution in [2.75, 3.05) is 0 Å². The van der Waals surface area contributed by atoms with Crippen LogP contribution in [0.25, 0.3) is 21.5 Å². The summed E-state index contributed by atoms with van der Waals surface area (Å²) in [5, 5.41) is 9.70. The summed E-state index contributed by atoms with van der Waals surface area (Å²) in [5.41, 5.74) is 2.69. The van der Waals surface area contributed by atoms with Crippen LogP contribution in [0.15, 0.2) is 115 Å². The average molecular weight is 531 g/mol. The molecule has 0 bridgehead atoms. The zero-order valence-corrected chi connectivity index (χ0v) is 22.0. The molecule has 5 aromatic carbocycles. The molecule has 0 saturated carbocycles. The predicted molar refractivity (Wildman–Crippen MR) is 157 cm³/mol. The van der Waals surface area contributed by atoms with Crippen LogP contribution >= 0.6 is 0 Å². The fourth-order valence-corrected chi connectivity index (χ4v) is 4.93. The summed E-state index contributed by atoms with van der Waals surface area (Å²) in [6.45, 7) is 0.0767. The van der Waals surface area contributed by atoms with E-state index in [9.17, 15) is 14.4 Å². The second-order valence-corrected chi connectivity index (χ2v) is 9.69. The Morgan fingerprint density at radius 1 is 0.650 bits per heavy atom.